The highest BCUT2D eigenvalue weighted by molar-refractivity contribution is 8.00. The van der Waals surface area contributed by atoms with Gasteiger partial charge < -0.3 is 5.32 Å². The Bertz CT molecular complexity index is 125. The largest absolute Gasteiger partial charge is 0.441 e. The Balaban J connectivity index is 3.28. The van der Waals surface area contributed by atoms with Gasteiger partial charge in [-0.25, -0.2) is 0 Å². The van der Waals surface area contributed by atoms with Crippen molar-refractivity contribution in [3.05, 3.63) is 0 Å². The van der Waals surface area contributed by atoms with Crippen LogP contribution in [-0.2, 0) is 0 Å². The summed E-state index contributed by atoms with van der Waals surface area (Å²) in [5.74, 6) is -0.417. The van der Waals surface area contributed by atoms with Gasteiger partial charge in [0.05, 0.1) is 6.54 Å². The van der Waals surface area contributed by atoms with Gasteiger partial charge in [0, 0.05) is 12.3 Å². The Morgan fingerprint density at radius 3 is 1.92 bits per heavy atom. The molecule has 0 aromatic heterocycles. The summed E-state index contributed by atoms with van der Waals surface area (Å²) in [6, 6.07) is 0. The predicted octanol–water partition coefficient (Wildman–Crippen LogP) is 2.39. The maximum Gasteiger partial charge on any atom is 0.441 e. The van der Waals surface area contributed by atoms with E-state index in [1.807, 2.05) is 5.32 Å². The van der Waals surface area contributed by atoms with Crippen molar-refractivity contribution in [2.24, 2.45) is 0 Å². The third-order valence-corrected chi connectivity index (χ3v) is 1.61. The summed E-state index contributed by atoms with van der Waals surface area (Å²) in [6.07, 6.45) is -4.37. The molecule has 1 nitrogen and oxygen atoms in total. The van der Waals surface area contributed by atoms with E-state index in [0.717, 1.165) is 0 Å². The first-order valence-electron chi connectivity index (χ1n) is 3.19. The van der Waals surface area contributed by atoms with Crippen LogP contribution in [0, 0.1) is 0 Å². The Morgan fingerprint density at radius 2 is 1.54 bits per heavy atom. The van der Waals surface area contributed by atoms with Crippen molar-refractivity contribution in [3.8, 4) is 0 Å². The summed E-state index contributed by atoms with van der Waals surface area (Å²) in [6.45, 7) is -1.57. The predicted molar refractivity (Wildman–Crippen MR) is 37.4 cm³/mol. The van der Waals surface area contributed by atoms with Gasteiger partial charge in [-0.2, -0.15) is 26.3 Å². The highest BCUT2D eigenvalue weighted by atomic mass is 32.2. The first kappa shape index (κ1) is 12.9. The van der Waals surface area contributed by atoms with Crippen LogP contribution in [0.2, 0.25) is 0 Å². The molecular formula is C5H7F6NS. The average Bonchev–Trinajstić information content (AvgIpc) is 1.81. The average molecular weight is 227 g/mol. The Hall–Kier alpha value is -0.110. The molecular weight excluding hydrogens is 220 g/mol. The molecule has 0 aliphatic heterocycles. The molecule has 0 radical (unpaired) electrons. The third kappa shape index (κ3) is 11.9. The van der Waals surface area contributed by atoms with E-state index in [-0.39, 0.29) is 18.3 Å². The summed E-state index contributed by atoms with van der Waals surface area (Å²) >= 11 is -0.346. The van der Waals surface area contributed by atoms with Crippen molar-refractivity contribution < 1.29 is 26.3 Å². The number of hydrogen-bond donors (Lipinski definition) is 1. The SMILES string of the molecule is FC(F)(F)CNCCSC(F)(F)F. The van der Waals surface area contributed by atoms with Crippen molar-refractivity contribution in [1.29, 1.82) is 0 Å². The van der Waals surface area contributed by atoms with Crippen LogP contribution < -0.4 is 5.32 Å². The van der Waals surface area contributed by atoms with Gasteiger partial charge in [-0.15, -0.1) is 0 Å². The molecule has 80 valence electrons. The Labute approximate surface area is 74.9 Å². The number of halogens is 6. The van der Waals surface area contributed by atoms with Crippen LogP contribution >= 0.6 is 11.8 Å². The standard InChI is InChI=1S/C5H7F6NS/c6-4(7,8)3-12-1-2-13-5(9,10)11/h12H,1-3H2. The van der Waals surface area contributed by atoms with E-state index in [4.69, 9.17) is 0 Å². The molecule has 0 heterocycles. The maximum atomic E-state index is 11.4. The number of rotatable bonds is 4. The van der Waals surface area contributed by atoms with Crippen molar-refractivity contribution >= 4 is 11.8 Å². The fourth-order valence-corrected chi connectivity index (χ4v) is 0.947. The van der Waals surface area contributed by atoms with Crippen LogP contribution in [0.5, 0.6) is 0 Å². The van der Waals surface area contributed by atoms with Crippen molar-refractivity contribution in [2.45, 2.75) is 11.7 Å². The van der Waals surface area contributed by atoms with E-state index in [1.165, 1.54) is 0 Å². The minimum Gasteiger partial charge on any atom is -0.308 e. The molecule has 0 saturated heterocycles. The topological polar surface area (TPSA) is 12.0 Å². The van der Waals surface area contributed by atoms with Crippen LogP contribution in [0.1, 0.15) is 0 Å². The van der Waals surface area contributed by atoms with E-state index < -0.39 is 24.0 Å². The molecule has 0 atom stereocenters. The smallest absolute Gasteiger partial charge is 0.308 e. The van der Waals surface area contributed by atoms with Crippen LogP contribution in [0.25, 0.3) is 0 Å². The van der Waals surface area contributed by atoms with Gasteiger partial charge in [0.2, 0.25) is 0 Å². The number of alkyl halides is 6. The highest BCUT2D eigenvalue weighted by Crippen LogP contribution is 2.29. The minimum absolute atomic E-state index is 0.316. The molecule has 0 aliphatic carbocycles. The lowest BCUT2D eigenvalue weighted by Crippen LogP contribution is -2.30. The van der Waals surface area contributed by atoms with E-state index in [2.05, 4.69) is 0 Å². The van der Waals surface area contributed by atoms with E-state index in [0.29, 0.717) is 0 Å². The van der Waals surface area contributed by atoms with Gasteiger partial charge in [0.15, 0.2) is 0 Å². The fourth-order valence-electron chi connectivity index (χ4n) is 0.469. The van der Waals surface area contributed by atoms with Crippen LogP contribution in [0.15, 0.2) is 0 Å². The fraction of sp³-hybridized carbons (Fsp3) is 1.00. The zero-order chi connectivity index (χ0) is 10.5. The zero-order valence-electron chi connectivity index (χ0n) is 6.30. The third-order valence-electron chi connectivity index (χ3n) is 0.870. The monoisotopic (exact) mass is 227 g/mol. The van der Waals surface area contributed by atoms with E-state index in [1.54, 1.807) is 0 Å². The summed E-state index contributed by atoms with van der Waals surface area (Å²) in [4.78, 5) is 0. The number of nitrogens with one attached hydrogen (secondary N) is 1. The quantitative estimate of drug-likeness (QED) is 0.584. The second-order valence-corrected chi connectivity index (χ2v) is 3.25. The molecule has 0 unspecified atom stereocenters. The van der Waals surface area contributed by atoms with Crippen LogP contribution in [0.4, 0.5) is 26.3 Å². The highest BCUT2D eigenvalue weighted by Gasteiger charge is 2.28. The first-order valence-corrected chi connectivity index (χ1v) is 4.17. The molecule has 13 heavy (non-hydrogen) atoms. The summed E-state index contributed by atoms with van der Waals surface area (Å²) < 4.78 is 68.6. The summed E-state index contributed by atoms with van der Waals surface area (Å²) in [5, 5.41) is 1.85. The molecule has 0 amide bonds. The molecule has 0 aliphatic rings. The van der Waals surface area contributed by atoms with E-state index in [9.17, 15) is 26.3 Å². The molecule has 0 rings (SSSR count). The summed E-state index contributed by atoms with van der Waals surface area (Å²) in [5.41, 5.74) is -4.38. The lowest BCUT2D eigenvalue weighted by molar-refractivity contribution is -0.124. The molecule has 1 N–H and O–H groups in total. The van der Waals surface area contributed by atoms with Gasteiger partial charge in [-0.1, -0.05) is 0 Å². The van der Waals surface area contributed by atoms with Crippen molar-refractivity contribution in [1.82, 2.24) is 5.32 Å². The van der Waals surface area contributed by atoms with Gasteiger partial charge >= 0.3 is 11.7 Å². The van der Waals surface area contributed by atoms with Crippen molar-refractivity contribution in [3.63, 3.8) is 0 Å². The normalized spacial score (nSPS) is 13.4. The lowest BCUT2D eigenvalue weighted by Gasteiger charge is -2.08. The maximum absolute atomic E-state index is 11.4. The van der Waals surface area contributed by atoms with Gasteiger partial charge in [-0.05, 0) is 11.8 Å². The van der Waals surface area contributed by atoms with Gasteiger partial charge in [0.25, 0.3) is 0 Å². The van der Waals surface area contributed by atoms with Crippen LogP contribution in [-0.4, -0.2) is 30.5 Å². The lowest BCUT2D eigenvalue weighted by atomic mass is 10.6. The molecule has 0 aromatic carbocycles. The second kappa shape index (κ2) is 4.94. The molecule has 0 spiro atoms. The summed E-state index contributed by atoms with van der Waals surface area (Å²) in [7, 11) is 0. The Morgan fingerprint density at radius 1 is 1.00 bits per heavy atom. The first-order chi connectivity index (χ1) is 5.71. The van der Waals surface area contributed by atoms with Gasteiger partial charge in [-0.3, -0.25) is 0 Å². The second-order valence-electron chi connectivity index (χ2n) is 2.09. The molecule has 0 fully saturated rings. The molecule has 0 bridgehead atoms. The zero-order valence-corrected chi connectivity index (χ0v) is 7.11. The van der Waals surface area contributed by atoms with Crippen LogP contribution in [0.3, 0.4) is 0 Å². The number of hydrogen-bond acceptors (Lipinski definition) is 2. The Kier molecular flexibility index (Phi) is 4.90. The number of thioether (sulfide) groups is 1. The van der Waals surface area contributed by atoms with Crippen molar-refractivity contribution in [2.75, 3.05) is 18.8 Å². The molecule has 0 saturated carbocycles. The minimum atomic E-state index is -4.38. The molecule has 0 aromatic rings. The van der Waals surface area contributed by atoms with E-state index >= 15 is 0 Å². The van der Waals surface area contributed by atoms with Gasteiger partial charge in [0.1, 0.15) is 0 Å². The molecule has 8 heteroatoms.